The molecule has 23 heavy (non-hydrogen) atoms. The number of fused-ring (bicyclic) bond motifs is 1. The minimum Gasteiger partial charge on any atom is -0.478 e. The lowest BCUT2D eigenvalue weighted by molar-refractivity contribution is -0.137. The van der Waals surface area contributed by atoms with Crippen LogP contribution in [-0.4, -0.2) is 17.7 Å². The Hall–Kier alpha value is -2.70. The van der Waals surface area contributed by atoms with Crippen molar-refractivity contribution in [2.24, 2.45) is 0 Å². The van der Waals surface area contributed by atoms with E-state index in [1.54, 1.807) is 12.1 Å². The van der Waals surface area contributed by atoms with Gasteiger partial charge >= 0.3 is 12.1 Å². The van der Waals surface area contributed by atoms with Gasteiger partial charge in [0.05, 0.1) is 23.5 Å². The van der Waals surface area contributed by atoms with E-state index in [1.165, 1.54) is 29.2 Å². The lowest BCUT2D eigenvalue weighted by Crippen LogP contribution is -2.35. The summed E-state index contributed by atoms with van der Waals surface area (Å²) in [6.07, 6.45) is -4.44. The maximum Gasteiger partial charge on any atom is 0.418 e. The lowest BCUT2D eigenvalue weighted by Gasteiger charge is -2.33. The standard InChI is InChI=1S/C16H13F3N2O2/c17-16(18,19)12-3-1-2-4-14(12)21-8-11-7-10(15(22)23)5-6-13(11)20-9-21/h1-7,20H,8-9H2,(H,22,23). The van der Waals surface area contributed by atoms with Gasteiger partial charge in [-0.15, -0.1) is 0 Å². The van der Waals surface area contributed by atoms with E-state index < -0.39 is 17.7 Å². The van der Waals surface area contributed by atoms with Crippen molar-refractivity contribution in [3.8, 4) is 0 Å². The number of carboxylic acid groups (broad SMARTS) is 1. The van der Waals surface area contributed by atoms with Crippen LogP contribution in [0.5, 0.6) is 0 Å². The molecule has 0 bridgehead atoms. The summed E-state index contributed by atoms with van der Waals surface area (Å²) in [6.45, 7) is 0.420. The van der Waals surface area contributed by atoms with Crippen molar-refractivity contribution in [2.75, 3.05) is 16.9 Å². The molecule has 0 saturated carbocycles. The number of para-hydroxylation sites is 1. The summed E-state index contributed by atoms with van der Waals surface area (Å²) < 4.78 is 39.4. The average molecular weight is 322 g/mol. The molecule has 1 aliphatic rings. The van der Waals surface area contributed by atoms with Crippen LogP contribution in [0.15, 0.2) is 42.5 Å². The van der Waals surface area contributed by atoms with E-state index in [2.05, 4.69) is 5.32 Å². The number of anilines is 2. The van der Waals surface area contributed by atoms with Crippen LogP contribution in [0, 0.1) is 0 Å². The Bertz CT molecular complexity index is 759. The zero-order valence-electron chi connectivity index (χ0n) is 11.9. The Morgan fingerprint density at radius 3 is 2.61 bits per heavy atom. The molecule has 3 rings (SSSR count). The Labute approximate surface area is 130 Å². The third-order valence-corrected chi connectivity index (χ3v) is 3.72. The Morgan fingerprint density at radius 1 is 1.17 bits per heavy atom. The molecule has 0 aliphatic carbocycles. The molecule has 0 atom stereocenters. The number of carbonyl (C=O) groups is 1. The van der Waals surface area contributed by atoms with Gasteiger partial charge in [0.25, 0.3) is 0 Å². The molecule has 0 spiro atoms. The summed E-state index contributed by atoms with van der Waals surface area (Å²) in [7, 11) is 0. The number of halogens is 3. The van der Waals surface area contributed by atoms with Crippen LogP contribution in [0.4, 0.5) is 24.5 Å². The number of rotatable bonds is 2. The Balaban J connectivity index is 1.96. The predicted octanol–water partition coefficient (Wildman–Crippen LogP) is 3.79. The topological polar surface area (TPSA) is 52.6 Å². The van der Waals surface area contributed by atoms with Gasteiger partial charge < -0.3 is 15.3 Å². The highest BCUT2D eigenvalue weighted by molar-refractivity contribution is 5.88. The molecule has 2 aromatic rings. The van der Waals surface area contributed by atoms with E-state index in [0.717, 1.165) is 11.8 Å². The molecule has 1 aliphatic heterocycles. The molecular formula is C16H13F3N2O2. The largest absolute Gasteiger partial charge is 0.478 e. The van der Waals surface area contributed by atoms with Gasteiger partial charge in [-0.1, -0.05) is 12.1 Å². The van der Waals surface area contributed by atoms with E-state index in [4.69, 9.17) is 5.11 Å². The minimum absolute atomic E-state index is 0.0684. The average Bonchev–Trinajstić information content (AvgIpc) is 2.53. The van der Waals surface area contributed by atoms with Gasteiger partial charge in [0.15, 0.2) is 0 Å². The molecule has 0 fully saturated rings. The second kappa shape index (κ2) is 5.49. The van der Waals surface area contributed by atoms with Crippen LogP contribution in [0.25, 0.3) is 0 Å². The zero-order chi connectivity index (χ0) is 16.6. The predicted molar refractivity (Wildman–Crippen MR) is 79.5 cm³/mol. The van der Waals surface area contributed by atoms with Gasteiger partial charge in [-0.3, -0.25) is 0 Å². The lowest BCUT2D eigenvalue weighted by atomic mass is 10.0. The second-order valence-electron chi connectivity index (χ2n) is 5.22. The van der Waals surface area contributed by atoms with Gasteiger partial charge in [-0.25, -0.2) is 4.79 Å². The van der Waals surface area contributed by atoms with E-state index >= 15 is 0 Å². The minimum atomic E-state index is -4.44. The highest BCUT2D eigenvalue weighted by atomic mass is 19.4. The first-order valence-corrected chi connectivity index (χ1v) is 6.87. The van der Waals surface area contributed by atoms with E-state index in [9.17, 15) is 18.0 Å². The van der Waals surface area contributed by atoms with E-state index in [1.807, 2.05) is 0 Å². The van der Waals surface area contributed by atoms with Gasteiger partial charge in [-0.2, -0.15) is 13.2 Å². The molecule has 0 radical (unpaired) electrons. The first-order chi connectivity index (χ1) is 10.9. The van der Waals surface area contributed by atoms with Crippen molar-refractivity contribution in [3.05, 3.63) is 59.2 Å². The quantitative estimate of drug-likeness (QED) is 0.883. The van der Waals surface area contributed by atoms with Crippen molar-refractivity contribution in [1.29, 1.82) is 0 Å². The van der Waals surface area contributed by atoms with Gasteiger partial charge in [-0.05, 0) is 35.9 Å². The number of aromatic carboxylic acids is 1. The van der Waals surface area contributed by atoms with Crippen LogP contribution in [0.1, 0.15) is 21.5 Å². The highest BCUT2D eigenvalue weighted by Crippen LogP contribution is 2.38. The summed E-state index contributed by atoms with van der Waals surface area (Å²) in [4.78, 5) is 12.6. The molecule has 1 heterocycles. The fraction of sp³-hybridized carbons (Fsp3) is 0.188. The van der Waals surface area contributed by atoms with Gasteiger partial charge in [0.1, 0.15) is 0 Å². The number of alkyl halides is 3. The first kappa shape index (κ1) is 15.2. The number of benzene rings is 2. The molecule has 2 aromatic carbocycles. The fourth-order valence-corrected chi connectivity index (χ4v) is 2.63. The summed E-state index contributed by atoms with van der Waals surface area (Å²) in [6, 6.07) is 9.93. The fourth-order valence-electron chi connectivity index (χ4n) is 2.63. The number of hydrogen-bond donors (Lipinski definition) is 2. The second-order valence-corrected chi connectivity index (χ2v) is 5.22. The SMILES string of the molecule is O=C(O)c1ccc2c(c1)CN(c1ccccc1C(F)(F)F)CN2. The Kier molecular flexibility index (Phi) is 3.63. The smallest absolute Gasteiger partial charge is 0.418 e. The third-order valence-electron chi connectivity index (χ3n) is 3.72. The summed E-state index contributed by atoms with van der Waals surface area (Å²) in [5, 5.41) is 12.1. The first-order valence-electron chi connectivity index (χ1n) is 6.87. The molecule has 0 aromatic heterocycles. The highest BCUT2D eigenvalue weighted by Gasteiger charge is 2.35. The van der Waals surface area contributed by atoms with Crippen LogP contribution in [0.2, 0.25) is 0 Å². The van der Waals surface area contributed by atoms with Crippen LogP contribution in [0.3, 0.4) is 0 Å². The number of hydrogen-bond acceptors (Lipinski definition) is 3. The monoisotopic (exact) mass is 322 g/mol. The van der Waals surface area contributed by atoms with Gasteiger partial charge in [0.2, 0.25) is 0 Å². The zero-order valence-corrected chi connectivity index (χ0v) is 11.9. The molecule has 120 valence electrons. The molecule has 7 heteroatoms. The maximum atomic E-state index is 13.1. The van der Waals surface area contributed by atoms with Crippen molar-refractivity contribution < 1.29 is 23.1 Å². The normalized spacial score (nSPS) is 14.1. The third kappa shape index (κ3) is 2.94. The Morgan fingerprint density at radius 2 is 1.91 bits per heavy atom. The molecule has 0 amide bonds. The molecule has 4 nitrogen and oxygen atoms in total. The number of nitrogens with one attached hydrogen (secondary N) is 1. The van der Waals surface area contributed by atoms with Crippen LogP contribution < -0.4 is 10.2 Å². The molecule has 0 saturated heterocycles. The van der Waals surface area contributed by atoms with Gasteiger partial charge in [0, 0.05) is 12.2 Å². The van der Waals surface area contributed by atoms with Crippen molar-refractivity contribution in [1.82, 2.24) is 0 Å². The summed E-state index contributed by atoms with van der Waals surface area (Å²) in [5.74, 6) is -1.07. The summed E-state index contributed by atoms with van der Waals surface area (Å²) >= 11 is 0. The number of nitrogens with zero attached hydrogens (tertiary/aromatic N) is 1. The molecule has 0 unspecified atom stereocenters. The molecule has 2 N–H and O–H groups in total. The van der Waals surface area contributed by atoms with Crippen LogP contribution >= 0.6 is 0 Å². The number of carboxylic acids is 1. The van der Waals surface area contributed by atoms with E-state index in [0.29, 0.717) is 5.56 Å². The van der Waals surface area contributed by atoms with E-state index in [-0.39, 0.29) is 24.5 Å². The van der Waals surface area contributed by atoms with Crippen molar-refractivity contribution in [3.63, 3.8) is 0 Å². The summed E-state index contributed by atoms with van der Waals surface area (Å²) in [5.41, 5.74) is 0.846. The van der Waals surface area contributed by atoms with Crippen LogP contribution in [-0.2, 0) is 12.7 Å². The van der Waals surface area contributed by atoms with Crippen molar-refractivity contribution in [2.45, 2.75) is 12.7 Å². The van der Waals surface area contributed by atoms with Crippen molar-refractivity contribution >= 4 is 17.3 Å². The maximum absolute atomic E-state index is 13.1. The molecular weight excluding hydrogens is 309 g/mol.